The van der Waals surface area contributed by atoms with Crippen molar-refractivity contribution in [1.29, 1.82) is 0 Å². The van der Waals surface area contributed by atoms with Crippen LogP contribution in [0.2, 0.25) is 0 Å². The summed E-state index contributed by atoms with van der Waals surface area (Å²) >= 11 is 1.72. The molecule has 4 nitrogen and oxygen atoms in total. The third-order valence-electron chi connectivity index (χ3n) is 2.44. The highest BCUT2D eigenvalue weighted by atomic mass is 32.2. The number of carbonyl (C=O) groups excluding carboxylic acids is 1. The minimum absolute atomic E-state index is 0.359. The predicted octanol–water partition coefficient (Wildman–Crippen LogP) is 3.74. The molecule has 0 atom stereocenters. The molecule has 5 heteroatoms. The highest BCUT2D eigenvalue weighted by molar-refractivity contribution is 7.98. The van der Waals surface area contributed by atoms with Gasteiger partial charge in [-0.1, -0.05) is 12.1 Å². The van der Waals surface area contributed by atoms with E-state index in [0.717, 1.165) is 18.7 Å². The Morgan fingerprint density at radius 2 is 1.95 bits per heavy atom. The molecule has 0 fully saturated rings. The van der Waals surface area contributed by atoms with E-state index in [2.05, 4.69) is 29.0 Å². The van der Waals surface area contributed by atoms with Crippen LogP contribution in [0.3, 0.4) is 0 Å². The van der Waals surface area contributed by atoms with Crippen molar-refractivity contribution in [2.75, 3.05) is 24.7 Å². The topological polar surface area (TPSA) is 50.4 Å². The van der Waals surface area contributed by atoms with Crippen molar-refractivity contribution in [3.63, 3.8) is 0 Å². The van der Waals surface area contributed by atoms with Crippen LogP contribution >= 0.6 is 11.8 Å². The molecular formula is C15H24N2O2S. The highest BCUT2D eigenvalue weighted by Gasteiger charge is 2.15. The summed E-state index contributed by atoms with van der Waals surface area (Å²) in [7, 11) is 0. The van der Waals surface area contributed by atoms with Crippen LogP contribution in [0.1, 0.15) is 27.2 Å². The Labute approximate surface area is 125 Å². The van der Waals surface area contributed by atoms with Gasteiger partial charge in [0.05, 0.1) is 0 Å². The standard InChI is InChI=1S/C15H24N2O2S/c1-15(2,3)19-14(18)17-11-7-10-16-12-8-5-6-9-13(12)20-4/h5-6,8-9,16H,7,10-11H2,1-4H3,(H,17,18). The molecule has 112 valence electrons. The third kappa shape index (κ3) is 6.70. The lowest BCUT2D eigenvalue weighted by Gasteiger charge is -2.19. The zero-order chi connectivity index (χ0) is 15.0. The maximum absolute atomic E-state index is 11.4. The van der Waals surface area contributed by atoms with Gasteiger partial charge in [0.25, 0.3) is 0 Å². The largest absolute Gasteiger partial charge is 0.444 e. The average Bonchev–Trinajstić information content (AvgIpc) is 2.36. The SMILES string of the molecule is CSc1ccccc1NCCCNC(=O)OC(C)(C)C. The minimum Gasteiger partial charge on any atom is -0.444 e. The maximum Gasteiger partial charge on any atom is 0.407 e. The Bertz CT molecular complexity index is 430. The zero-order valence-electron chi connectivity index (χ0n) is 12.7. The van der Waals surface area contributed by atoms with Gasteiger partial charge in [-0.25, -0.2) is 4.79 Å². The molecule has 0 bridgehead atoms. The Morgan fingerprint density at radius 3 is 2.60 bits per heavy atom. The van der Waals surface area contributed by atoms with Crippen LogP contribution < -0.4 is 10.6 Å². The summed E-state index contributed by atoms with van der Waals surface area (Å²) in [6, 6.07) is 8.20. The molecular weight excluding hydrogens is 272 g/mol. The van der Waals surface area contributed by atoms with E-state index in [1.807, 2.05) is 32.9 Å². The molecule has 0 aliphatic carbocycles. The van der Waals surface area contributed by atoms with Crippen LogP contribution in [0.15, 0.2) is 29.2 Å². The van der Waals surface area contributed by atoms with Crippen molar-refractivity contribution in [2.24, 2.45) is 0 Å². The number of amides is 1. The molecule has 0 saturated heterocycles. The van der Waals surface area contributed by atoms with Crippen molar-refractivity contribution < 1.29 is 9.53 Å². The Kier molecular flexibility index (Phi) is 6.71. The summed E-state index contributed by atoms with van der Waals surface area (Å²) in [6.45, 7) is 6.98. The first kappa shape index (κ1) is 16.7. The van der Waals surface area contributed by atoms with Gasteiger partial charge < -0.3 is 15.4 Å². The van der Waals surface area contributed by atoms with Crippen LogP contribution in [-0.4, -0.2) is 31.0 Å². The second-order valence-electron chi connectivity index (χ2n) is 5.41. The summed E-state index contributed by atoms with van der Waals surface area (Å²) in [4.78, 5) is 12.7. The molecule has 0 aliphatic heterocycles. The molecule has 1 aromatic rings. The van der Waals surface area contributed by atoms with Crippen LogP contribution in [0, 0.1) is 0 Å². The summed E-state index contributed by atoms with van der Waals surface area (Å²) < 4.78 is 5.17. The average molecular weight is 296 g/mol. The molecule has 1 rings (SSSR count). The van der Waals surface area contributed by atoms with Crippen molar-refractivity contribution in [3.05, 3.63) is 24.3 Å². The molecule has 1 aromatic carbocycles. The van der Waals surface area contributed by atoms with E-state index in [0.29, 0.717) is 6.54 Å². The number of para-hydroxylation sites is 1. The fourth-order valence-corrected chi connectivity index (χ4v) is 2.18. The van der Waals surface area contributed by atoms with Gasteiger partial charge in [-0.2, -0.15) is 0 Å². The molecule has 0 aliphatic rings. The van der Waals surface area contributed by atoms with E-state index in [-0.39, 0.29) is 6.09 Å². The van der Waals surface area contributed by atoms with Crippen LogP contribution in [0.25, 0.3) is 0 Å². The number of ether oxygens (including phenoxy) is 1. The zero-order valence-corrected chi connectivity index (χ0v) is 13.5. The van der Waals surface area contributed by atoms with Crippen molar-refractivity contribution in [3.8, 4) is 0 Å². The maximum atomic E-state index is 11.4. The summed E-state index contributed by atoms with van der Waals surface area (Å²) in [5, 5.41) is 6.12. The number of hydrogen-bond donors (Lipinski definition) is 2. The molecule has 0 aromatic heterocycles. The number of carbonyl (C=O) groups is 1. The Balaban J connectivity index is 2.21. The Hall–Kier alpha value is -1.36. The van der Waals surface area contributed by atoms with E-state index in [4.69, 9.17) is 4.74 Å². The molecule has 20 heavy (non-hydrogen) atoms. The van der Waals surface area contributed by atoms with Gasteiger partial charge in [-0.3, -0.25) is 0 Å². The van der Waals surface area contributed by atoms with Crippen LogP contribution in [0.4, 0.5) is 10.5 Å². The van der Waals surface area contributed by atoms with E-state index in [1.54, 1.807) is 11.8 Å². The van der Waals surface area contributed by atoms with Crippen LogP contribution in [0.5, 0.6) is 0 Å². The first-order chi connectivity index (χ1) is 9.42. The summed E-state index contributed by atoms with van der Waals surface area (Å²) in [5.74, 6) is 0. The van der Waals surface area contributed by atoms with Crippen molar-refractivity contribution in [1.82, 2.24) is 5.32 Å². The highest BCUT2D eigenvalue weighted by Crippen LogP contribution is 2.24. The Morgan fingerprint density at radius 1 is 1.25 bits per heavy atom. The van der Waals surface area contributed by atoms with E-state index >= 15 is 0 Å². The van der Waals surface area contributed by atoms with Crippen molar-refractivity contribution in [2.45, 2.75) is 37.7 Å². The van der Waals surface area contributed by atoms with Gasteiger partial charge in [0.2, 0.25) is 0 Å². The summed E-state index contributed by atoms with van der Waals surface area (Å²) in [5.41, 5.74) is 0.692. The van der Waals surface area contributed by atoms with Gasteiger partial charge in [0, 0.05) is 23.7 Å². The number of anilines is 1. The number of benzene rings is 1. The summed E-state index contributed by atoms with van der Waals surface area (Å²) in [6.07, 6.45) is 2.55. The van der Waals surface area contributed by atoms with Gasteiger partial charge in [-0.05, 0) is 45.6 Å². The number of alkyl carbamates (subject to hydrolysis) is 1. The first-order valence-electron chi connectivity index (χ1n) is 6.76. The lowest BCUT2D eigenvalue weighted by molar-refractivity contribution is 0.0528. The monoisotopic (exact) mass is 296 g/mol. The molecule has 0 saturated carbocycles. The van der Waals surface area contributed by atoms with E-state index < -0.39 is 5.60 Å². The van der Waals surface area contributed by atoms with Gasteiger partial charge in [0.15, 0.2) is 0 Å². The molecule has 0 radical (unpaired) electrons. The number of hydrogen-bond acceptors (Lipinski definition) is 4. The normalized spacial score (nSPS) is 11.0. The quantitative estimate of drug-likeness (QED) is 0.620. The van der Waals surface area contributed by atoms with Crippen LogP contribution in [-0.2, 0) is 4.74 Å². The first-order valence-corrected chi connectivity index (χ1v) is 7.98. The lowest BCUT2D eigenvalue weighted by Crippen LogP contribution is -2.33. The van der Waals surface area contributed by atoms with Gasteiger partial charge in [-0.15, -0.1) is 11.8 Å². The smallest absolute Gasteiger partial charge is 0.407 e. The fraction of sp³-hybridized carbons (Fsp3) is 0.533. The lowest BCUT2D eigenvalue weighted by atomic mass is 10.2. The van der Waals surface area contributed by atoms with Crippen molar-refractivity contribution >= 4 is 23.5 Å². The predicted molar refractivity (Wildman–Crippen MR) is 85.6 cm³/mol. The molecule has 0 heterocycles. The van der Waals surface area contributed by atoms with E-state index in [9.17, 15) is 4.79 Å². The molecule has 0 unspecified atom stereocenters. The number of nitrogens with one attached hydrogen (secondary N) is 2. The van der Waals surface area contributed by atoms with E-state index in [1.165, 1.54) is 4.90 Å². The molecule has 2 N–H and O–H groups in total. The molecule has 1 amide bonds. The fourth-order valence-electron chi connectivity index (χ4n) is 1.61. The minimum atomic E-state index is -0.445. The third-order valence-corrected chi connectivity index (χ3v) is 3.24. The molecule has 0 spiro atoms. The number of rotatable bonds is 6. The second-order valence-corrected chi connectivity index (χ2v) is 6.26. The van der Waals surface area contributed by atoms with Gasteiger partial charge in [0.1, 0.15) is 5.60 Å². The van der Waals surface area contributed by atoms with Gasteiger partial charge >= 0.3 is 6.09 Å². The number of thioether (sulfide) groups is 1. The second kappa shape index (κ2) is 8.04.